The number of halogens is 1. The maximum atomic E-state index is 13.8. The third kappa shape index (κ3) is 6.69. The topological polar surface area (TPSA) is 96.0 Å². The number of anilines is 1. The minimum absolute atomic E-state index is 0.00787. The molecule has 0 spiro atoms. The Morgan fingerprint density at radius 2 is 1.58 bits per heavy atom. The number of nitrogens with zero attached hydrogens (tertiary/aromatic N) is 2. The Labute approximate surface area is 223 Å². The van der Waals surface area contributed by atoms with Crippen LogP contribution in [0.15, 0.2) is 77.7 Å². The van der Waals surface area contributed by atoms with Crippen LogP contribution in [0.3, 0.4) is 0 Å². The van der Waals surface area contributed by atoms with Crippen LogP contribution in [0.1, 0.15) is 24.5 Å². The number of methoxy groups -OCH3 is 1. The van der Waals surface area contributed by atoms with Gasteiger partial charge in [0, 0.05) is 13.6 Å². The fraction of sp³-hybridized carbons (Fsp3) is 0.286. The Kier molecular flexibility index (Phi) is 9.46. The minimum Gasteiger partial charge on any atom is -0.497 e. The Morgan fingerprint density at radius 3 is 2.11 bits per heavy atom. The first-order valence-corrected chi connectivity index (χ1v) is 13.5. The van der Waals surface area contributed by atoms with E-state index in [1.165, 1.54) is 55.5 Å². The molecule has 3 rings (SSSR count). The quantitative estimate of drug-likeness (QED) is 0.397. The number of benzene rings is 3. The molecule has 1 atom stereocenters. The lowest BCUT2D eigenvalue weighted by atomic mass is 10.1. The monoisotopic (exact) mass is 541 g/mol. The number of carbonyl (C=O) groups is 2. The van der Waals surface area contributed by atoms with Gasteiger partial charge >= 0.3 is 0 Å². The van der Waals surface area contributed by atoms with Gasteiger partial charge in [0.25, 0.3) is 10.0 Å². The molecule has 8 nitrogen and oxygen atoms in total. The zero-order valence-corrected chi connectivity index (χ0v) is 22.7. The highest BCUT2D eigenvalue weighted by Crippen LogP contribution is 2.27. The summed E-state index contributed by atoms with van der Waals surface area (Å²) in [6, 6.07) is 17.4. The largest absolute Gasteiger partial charge is 0.497 e. The van der Waals surface area contributed by atoms with E-state index in [0.29, 0.717) is 17.7 Å². The normalized spacial score (nSPS) is 11.9. The average molecular weight is 542 g/mol. The van der Waals surface area contributed by atoms with Crippen LogP contribution in [0.4, 0.5) is 10.1 Å². The summed E-state index contributed by atoms with van der Waals surface area (Å²) in [5.41, 5.74) is 1.74. The highest BCUT2D eigenvalue weighted by atomic mass is 32.2. The third-order valence-electron chi connectivity index (χ3n) is 6.15. The van der Waals surface area contributed by atoms with E-state index < -0.39 is 34.3 Å². The summed E-state index contributed by atoms with van der Waals surface area (Å²) in [5, 5.41) is 2.57. The van der Waals surface area contributed by atoms with Gasteiger partial charge in [0.15, 0.2) is 0 Å². The Balaban J connectivity index is 2.05. The van der Waals surface area contributed by atoms with E-state index in [4.69, 9.17) is 4.74 Å². The van der Waals surface area contributed by atoms with Crippen LogP contribution in [-0.4, -0.2) is 51.9 Å². The standard InChI is InChI=1S/C28H32FN3O5S/c1-5-26(28(34)30-3)31(18-21-8-10-22(29)11-9-21)27(33)19-32(23-12-14-24(37-4)15-13-23)38(35,36)25-16-6-20(2)7-17-25/h6-17,26H,5,18-19H2,1-4H3,(H,30,34)/t26-/m1/s1. The molecule has 38 heavy (non-hydrogen) atoms. The van der Waals surface area contributed by atoms with Gasteiger partial charge in [-0.05, 0) is 67.4 Å². The smallest absolute Gasteiger partial charge is 0.264 e. The Morgan fingerprint density at radius 1 is 0.974 bits per heavy atom. The highest BCUT2D eigenvalue weighted by Gasteiger charge is 2.33. The van der Waals surface area contributed by atoms with Gasteiger partial charge in [-0.25, -0.2) is 12.8 Å². The molecule has 0 aliphatic heterocycles. The molecule has 3 aromatic carbocycles. The number of aryl methyl sites for hydroxylation is 1. The number of hydrogen-bond acceptors (Lipinski definition) is 5. The number of carbonyl (C=O) groups excluding carboxylic acids is 2. The number of rotatable bonds is 11. The molecule has 3 aromatic rings. The van der Waals surface area contributed by atoms with Crippen LogP contribution < -0.4 is 14.4 Å². The second kappa shape index (κ2) is 12.6. The van der Waals surface area contributed by atoms with E-state index in [9.17, 15) is 22.4 Å². The first-order valence-electron chi connectivity index (χ1n) is 12.1. The minimum atomic E-state index is -4.16. The molecule has 0 aliphatic rings. The van der Waals surface area contributed by atoms with Crippen molar-refractivity contribution in [1.82, 2.24) is 10.2 Å². The second-order valence-corrected chi connectivity index (χ2v) is 10.6. The number of amides is 2. The lowest BCUT2D eigenvalue weighted by Gasteiger charge is -2.33. The SMILES string of the molecule is CC[C@H](C(=O)NC)N(Cc1ccc(F)cc1)C(=O)CN(c1ccc(OC)cc1)S(=O)(=O)c1ccc(C)cc1. The van der Waals surface area contributed by atoms with Gasteiger partial charge in [0.2, 0.25) is 11.8 Å². The highest BCUT2D eigenvalue weighted by molar-refractivity contribution is 7.92. The number of hydrogen-bond donors (Lipinski definition) is 1. The third-order valence-corrected chi connectivity index (χ3v) is 7.93. The number of likely N-dealkylation sites (N-methyl/N-ethyl adjacent to an activating group) is 1. The Hall–Kier alpha value is -3.92. The molecule has 10 heteroatoms. The molecule has 0 aromatic heterocycles. The van der Waals surface area contributed by atoms with Crippen molar-refractivity contribution in [3.8, 4) is 5.75 Å². The fourth-order valence-electron chi connectivity index (χ4n) is 3.99. The molecule has 1 N–H and O–H groups in total. The van der Waals surface area contributed by atoms with Crippen LogP contribution in [0.2, 0.25) is 0 Å². The van der Waals surface area contributed by atoms with Crippen molar-refractivity contribution in [2.75, 3.05) is 25.0 Å². The van der Waals surface area contributed by atoms with Crippen molar-refractivity contribution >= 4 is 27.5 Å². The Bertz CT molecular complexity index is 1340. The summed E-state index contributed by atoms with van der Waals surface area (Å²) in [7, 11) is -1.20. The molecule has 0 saturated carbocycles. The van der Waals surface area contributed by atoms with Crippen molar-refractivity contribution in [2.45, 2.75) is 37.8 Å². The molecule has 0 saturated heterocycles. The van der Waals surface area contributed by atoms with E-state index in [0.717, 1.165) is 9.87 Å². The van der Waals surface area contributed by atoms with Crippen LogP contribution in [-0.2, 0) is 26.2 Å². The van der Waals surface area contributed by atoms with Gasteiger partial charge < -0.3 is 15.0 Å². The number of ether oxygens (including phenoxy) is 1. The molecular formula is C28H32FN3O5S. The van der Waals surface area contributed by atoms with E-state index in [1.54, 1.807) is 43.3 Å². The zero-order valence-electron chi connectivity index (χ0n) is 21.8. The summed E-state index contributed by atoms with van der Waals surface area (Å²) in [5.74, 6) is -0.882. The summed E-state index contributed by atoms with van der Waals surface area (Å²) >= 11 is 0. The number of nitrogens with one attached hydrogen (secondary N) is 1. The molecular weight excluding hydrogens is 509 g/mol. The summed E-state index contributed by atoms with van der Waals surface area (Å²) in [6.07, 6.45) is 0.292. The lowest BCUT2D eigenvalue weighted by Crippen LogP contribution is -2.51. The van der Waals surface area contributed by atoms with Gasteiger partial charge in [0.1, 0.15) is 24.2 Å². The molecule has 202 valence electrons. The van der Waals surface area contributed by atoms with Crippen molar-refractivity contribution in [3.63, 3.8) is 0 Å². The van der Waals surface area contributed by atoms with E-state index in [1.807, 2.05) is 6.92 Å². The predicted molar refractivity (Wildman–Crippen MR) is 144 cm³/mol. The van der Waals surface area contributed by atoms with Crippen molar-refractivity contribution in [2.24, 2.45) is 0 Å². The molecule has 0 aliphatic carbocycles. The van der Waals surface area contributed by atoms with Crippen LogP contribution in [0, 0.1) is 12.7 Å². The maximum absolute atomic E-state index is 13.8. The average Bonchev–Trinajstić information content (AvgIpc) is 2.92. The second-order valence-electron chi connectivity index (χ2n) is 8.71. The van der Waals surface area contributed by atoms with Crippen LogP contribution in [0.5, 0.6) is 5.75 Å². The molecule has 2 amide bonds. The van der Waals surface area contributed by atoms with Gasteiger partial charge in [-0.1, -0.05) is 36.8 Å². The zero-order chi connectivity index (χ0) is 27.9. The van der Waals surface area contributed by atoms with E-state index in [-0.39, 0.29) is 23.0 Å². The first-order chi connectivity index (χ1) is 18.1. The summed E-state index contributed by atoms with van der Waals surface area (Å²) < 4.78 is 47.3. The van der Waals surface area contributed by atoms with Gasteiger partial charge in [0.05, 0.1) is 17.7 Å². The van der Waals surface area contributed by atoms with Gasteiger partial charge in [-0.3, -0.25) is 13.9 Å². The van der Waals surface area contributed by atoms with Crippen LogP contribution >= 0.6 is 0 Å². The maximum Gasteiger partial charge on any atom is 0.264 e. The fourth-order valence-corrected chi connectivity index (χ4v) is 5.40. The number of sulfonamides is 1. The molecule has 0 bridgehead atoms. The van der Waals surface area contributed by atoms with Gasteiger partial charge in [-0.15, -0.1) is 0 Å². The van der Waals surface area contributed by atoms with Crippen LogP contribution in [0.25, 0.3) is 0 Å². The van der Waals surface area contributed by atoms with Crippen molar-refractivity contribution in [1.29, 1.82) is 0 Å². The van der Waals surface area contributed by atoms with E-state index in [2.05, 4.69) is 5.32 Å². The summed E-state index contributed by atoms with van der Waals surface area (Å²) in [4.78, 5) is 27.9. The van der Waals surface area contributed by atoms with Crippen molar-refractivity contribution < 1.29 is 27.1 Å². The molecule has 0 unspecified atom stereocenters. The predicted octanol–water partition coefficient (Wildman–Crippen LogP) is 3.89. The van der Waals surface area contributed by atoms with Gasteiger partial charge in [-0.2, -0.15) is 0 Å². The molecule has 0 fully saturated rings. The van der Waals surface area contributed by atoms with E-state index >= 15 is 0 Å². The summed E-state index contributed by atoms with van der Waals surface area (Å²) in [6.45, 7) is 3.04. The first kappa shape index (κ1) is 28.6. The van der Waals surface area contributed by atoms with Crippen molar-refractivity contribution in [3.05, 3.63) is 89.7 Å². The molecule has 0 radical (unpaired) electrons. The molecule has 0 heterocycles. The lowest BCUT2D eigenvalue weighted by molar-refractivity contribution is -0.140.